The van der Waals surface area contributed by atoms with Gasteiger partial charge in [0.05, 0.1) is 5.92 Å². The van der Waals surface area contributed by atoms with Crippen molar-refractivity contribution < 1.29 is 24.0 Å². The number of hydrogen-bond donors (Lipinski definition) is 1. The largest absolute Gasteiger partial charge is 0.485 e. The van der Waals surface area contributed by atoms with Crippen molar-refractivity contribution in [3.63, 3.8) is 0 Å². The molecule has 1 aromatic carbocycles. The number of aromatic nitrogens is 2. The fourth-order valence-electron chi connectivity index (χ4n) is 2.66. The normalized spacial score (nSPS) is 16.8. The Labute approximate surface area is 144 Å². The predicted octanol–water partition coefficient (Wildman–Crippen LogP) is 1.76. The van der Waals surface area contributed by atoms with Crippen LogP contribution in [0.3, 0.4) is 0 Å². The van der Waals surface area contributed by atoms with Gasteiger partial charge in [0.2, 0.25) is 11.7 Å². The minimum absolute atomic E-state index is 0.166. The van der Waals surface area contributed by atoms with Crippen molar-refractivity contribution in [3.05, 3.63) is 41.5 Å². The number of aliphatic carboxylic acids is 1. The third-order valence-corrected chi connectivity index (χ3v) is 4.11. The number of amides is 1. The number of nitrogens with zero attached hydrogens (tertiary/aromatic N) is 3. The second-order valence-electron chi connectivity index (χ2n) is 5.85. The minimum Gasteiger partial charge on any atom is -0.485 e. The zero-order valence-electron chi connectivity index (χ0n) is 13.8. The Hall–Kier alpha value is -2.90. The van der Waals surface area contributed by atoms with E-state index in [0.717, 1.165) is 0 Å². The van der Waals surface area contributed by atoms with Gasteiger partial charge in [0.1, 0.15) is 5.75 Å². The first-order valence-corrected chi connectivity index (χ1v) is 8.13. The van der Waals surface area contributed by atoms with Crippen molar-refractivity contribution in [1.29, 1.82) is 0 Å². The highest BCUT2D eigenvalue weighted by molar-refractivity contribution is 5.94. The van der Waals surface area contributed by atoms with Crippen molar-refractivity contribution in [2.24, 2.45) is 5.92 Å². The Morgan fingerprint density at radius 2 is 2.12 bits per heavy atom. The lowest BCUT2D eigenvalue weighted by Gasteiger charge is -2.16. The third kappa shape index (κ3) is 3.96. The van der Waals surface area contributed by atoms with Gasteiger partial charge in [-0.2, -0.15) is 4.98 Å². The van der Waals surface area contributed by atoms with E-state index in [2.05, 4.69) is 10.1 Å². The van der Waals surface area contributed by atoms with Gasteiger partial charge >= 0.3 is 5.97 Å². The second kappa shape index (κ2) is 7.33. The molecule has 0 radical (unpaired) electrons. The number of carbonyl (C=O) groups excluding carboxylic acids is 1. The van der Waals surface area contributed by atoms with Gasteiger partial charge in [-0.3, -0.25) is 9.59 Å². The van der Waals surface area contributed by atoms with E-state index in [9.17, 15) is 9.59 Å². The SMILES string of the molecule is CCc1nc(COc2ccc(C(=O)N3CC[C@H](C(=O)O)C3)cc2)no1. The number of carbonyl (C=O) groups is 2. The first-order chi connectivity index (χ1) is 12.1. The number of carboxylic acids is 1. The van der Waals surface area contributed by atoms with Crippen molar-refractivity contribution >= 4 is 11.9 Å². The topological polar surface area (TPSA) is 106 Å². The van der Waals surface area contributed by atoms with E-state index in [1.807, 2.05) is 6.92 Å². The fourth-order valence-corrected chi connectivity index (χ4v) is 2.66. The maximum Gasteiger partial charge on any atom is 0.308 e. The highest BCUT2D eigenvalue weighted by Crippen LogP contribution is 2.20. The van der Waals surface area contributed by atoms with Gasteiger partial charge in [-0.25, -0.2) is 0 Å². The molecule has 0 saturated carbocycles. The average Bonchev–Trinajstić information content (AvgIpc) is 3.29. The molecule has 2 aromatic rings. The lowest BCUT2D eigenvalue weighted by molar-refractivity contribution is -0.141. The summed E-state index contributed by atoms with van der Waals surface area (Å²) in [4.78, 5) is 29.1. The van der Waals surface area contributed by atoms with E-state index in [-0.39, 0.29) is 19.1 Å². The summed E-state index contributed by atoms with van der Waals surface area (Å²) in [5.74, 6) is 0.116. The number of rotatable bonds is 6. The van der Waals surface area contributed by atoms with E-state index >= 15 is 0 Å². The molecule has 1 aliphatic rings. The summed E-state index contributed by atoms with van der Waals surface area (Å²) in [5.41, 5.74) is 0.506. The van der Waals surface area contributed by atoms with Gasteiger partial charge in [0.25, 0.3) is 5.91 Å². The summed E-state index contributed by atoms with van der Waals surface area (Å²) in [6, 6.07) is 6.72. The Balaban J connectivity index is 1.56. The molecule has 8 nitrogen and oxygen atoms in total. The van der Waals surface area contributed by atoms with Gasteiger partial charge in [-0.05, 0) is 30.7 Å². The van der Waals surface area contributed by atoms with Crippen LogP contribution in [0.15, 0.2) is 28.8 Å². The number of hydrogen-bond acceptors (Lipinski definition) is 6. The number of benzene rings is 1. The molecule has 0 aliphatic carbocycles. The van der Waals surface area contributed by atoms with Crippen molar-refractivity contribution in [2.45, 2.75) is 26.4 Å². The molecule has 0 unspecified atom stereocenters. The van der Waals surface area contributed by atoms with Crippen LogP contribution in [0.1, 0.15) is 35.4 Å². The highest BCUT2D eigenvalue weighted by atomic mass is 16.5. The lowest BCUT2D eigenvalue weighted by Crippen LogP contribution is -2.29. The van der Waals surface area contributed by atoms with Gasteiger partial charge in [-0.15, -0.1) is 0 Å². The number of ether oxygens (including phenoxy) is 1. The van der Waals surface area contributed by atoms with E-state index in [4.69, 9.17) is 14.4 Å². The molecule has 1 aromatic heterocycles. The lowest BCUT2D eigenvalue weighted by atomic mass is 10.1. The molecule has 1 amide bonds. The molecule has 2 heterocycles. The van der Waals surface area contributed by atoms with Crippen molar-refractivity contribution in [2.75, 3.05) is 13.1 Å². The molecule has 0 bridgehead atoms. The molecule has 1 fully saturated rings. The van der Waals surface area contributed by atoms with Crippen LogP contribution in [-0.4, -0.2) is 45.1 Å². The number of likely N-dealkylation sites (tertiary alicyclic amines) is 1. The van der Waals surface area contributed by atoms with E-state index in [1.54, 1.807) is 29.2 Å². The second-order valence-corrected chi connectivity index (χ2v) is 5.85. The van der Waals surface area contributed by atoms with Crippen LogP contribution >= 0.6 is 0 Å². The molecular formula is C17H19N3O5. The standard InChI is InChI=1S/C17H19N3O5/c1-2-15-18-14(19-25-15)10-24-13-5-3-11(4-6-13)16(21)20-8-7-12(9-20)17(22)23/h3-6,12H,2,7-10H2,1H3,(H,22,23)/t12-/m0/s1. The smallest absolute Gasteiger partial charge is 0.308 e. The molecule has 8 heteroatoms. The van der Waals surface area contributed by atoms with Crippen molar-refractivity contribution in [3.8, 4) is 5.75 Å². The monoisotopic (exact) mass is 345 g/mol. The summed E-state index contributed by atoms with van der Waals surface area (Å²) in [5, 5.41) is 12.8. The Morgan fingerprint density at radius 1 is 1.36 bits per heavy atom. The zero-order valence-corrected chi connectivity index (χ0v) is 13.8. The average molecular weight is 345 g/mol. The fraction of sp³-hybridized carbons (Fsp3) is 0.412. The maximum atomic E-state index is 12.4. The Bertz CT molecular complexity index is 756. The van der Waals surface area contributed by atoms with Crippen LogP contribution in [0.2, 0.25) is 0 Å². The quantitative estimate of drug-likeness (QED) is 0.850. The predicted molar refractivity (Wildman–Crippen MR) is 86.1 cm³/mol. The number of aryl methyl sites for hydroxylation is 1. The molecule has 3 rings (SSSR count). The first-order valence-electron chi connectivity index (χ1n) is 8.13. The summed E-state index contributed by atoms with van der Waals surface area (Å²) >= 11 is 0. The summed E-state index contributed by atoms with van der Waals surface area (Å²) < 4.78 is 10.6. The van der Waals surface area contributed by atoms with Gasteiger partial charge in [0.15, 0.2) is 6.61 Å². The van der Waals surface area contributed by atoms with Gasteiger partial charge in [-0.1, -0.05) is 12.1 Å². The Morgan fingerprint density at radius 3 is 2.72 bits per heavy atom. The molecule has 1 N–H and O–H groups in total. The zero-order chi connectivity index (χ0) is 17.8. The molecule has 1 aliphatic heterocycles. The minimum atomic E-state index is -0.855. The van der Waals surface area contributed by atoms with Crippen LogP contribution in [0, 0.1) is 5.92 Å². The Kier molecular flexibility index (Phi) is 4.97. The summed E-state index contributed by atoms with van der Waals surface area (Å²) in [7, 11) is 0. The molecule has 132 valence electrons. The van der Waals surface area contributed by atoms with E-state index in [1.165, 1.54) is 0 Å². The molecular weight excluding hydrogens is 326 g/mol. The van der Waals surface area contributed by atoms with Crippen LogP contribution in [0.5, 0.6) is 5.75 Å². The number of carboxylic acid groups (broad SMARTS) is 1. The van der Waals surface area contributed by atoms with E-state index < -0.39 is 11.9 Å². The van der Waals surface area contributed by atoms with Gasteiger partial charge < -0.3 is 19.3 Å². The van der Waals surface area contributed by atoms with Crippen LogP contribution in [0.25, 0.3) is 0 Å². The highest BCUT2D eigenvalue weighted by Gasteiger charge is 2.31. The molecule has 1 atom stereocenters. The third-order valence-electron chi connectivity index (χ3n) is 4.11. The van der Waals surface area contributed by atoms with Crippen LogP contribution in [0.4, 0.5) is 0 Å². The van der Waals surface area contributed by atoms with Crippen LogP contribution < -0.4 is 4.74 Å². The molecule has 25 heavy (non-hydrogen) atoms. The summed E-state index contributed by atoms with van der Waals surface area (Å²) in [6.07, 6.45) is 1.16. The van der Waals surface area contributed by atoms with E-state index in [0.29, 0.717) is 42.4 Å². The van der Waals surface area contributed by atoms with Gasteiger partial charge in [0, 0.05) is 25.1 Å². The molecule has 1 saturated heterocycles. The maximum absolute atomic E-state index is 12.4. The van der Waals surface area contributed by atoms with Crippen molar-refractivity contribution in [1.82, 2.24) is 15.0 Å². The molecule has 0 spiro atoms. The van der Waals surface area contributed by atoms with Crippen LogP contribution in [-0.2, 0) is 17.8 Å². The first kappa shape index (κ1) is 16.9. The summed E-state index contributed by atoms with van der Waals surface area (Å²) in [6.45, 7) is 2.83.